The molecule has 1 N–H and O–H groups in total. The standard InChI is InChI=1S/C20H21F3N6O2/c1-11(2)31-20(30)28-5-3-12(4-6-28)29-19-13(9-26-29)18(24-10-25-19)27-17-8-15(22)14(21)7-16(17)23/h7-12H,3-6H2,1-2H3,(H,24,25,27). The lowest BCUT2D eigenvalue weighted by Crippen LogP contribution is -2.40. The molecule has 2 aromatic heterocycles. The number of nitrogens with zero attached hydrogens (tertiary/aromatic N) is 5. The molecule has 3 heterocycles. The average molecular weight is 434 g/mol. The van der Waals surface area contributed by atoms with Crippen LogP contribution in [0.15, 0.2) is 24.7 Å². The van der Waals surface area contributed by atoms with Crippen molar-refractivity contribution in [2.24, 2.45) is 0 Å². The highest BCUT2D eigenvalue weighted by Crippen LogP contribution is 2.30. The van der Waals surface area contributed by atoms with Crippen molar-refractivity contribution in [3.63, 3.8) is 0 Å². The SMILES string of the molecule is CC(C)OC(=O)N1CCC(n2ncc3c(Nc4cc(F)c(F)cc4F)ncnc32)CC1. The zero-order valence-corrected chi connectivity index (χ0v) is 17.0. The summed E-state index contributed by atoms with van der Waals surface area (Å²) in [6.07, 6.45) is 3.64. The maximum Gasteiger partial charge on any atom is 0.410 e. The smallest absolute Gasteiger partial charge is 0.410 e. The third kappa shape index (κ3) is 4.25. The number of fused-ring (bicyclic) bond motifs is 1. The minimum absolute atomic E-state index is 0.00310. The number of hydrogen-bond acceptors (Lipinski definition) is 6. The molecule has 1 aliphatic heterocycles. The summed E-state index contributed by atoms with van der Waals surface area (Å²) < 4.78 is 47.7. The minimum atomic E-state index is -1.27. The molecular formula is C20H21F3N6O2. The van der Waals surface area contributed by atoms with Gasteiger partial charge in [0.15, 0.2) is 17.3 Å². The summed E-state index contributed by atoms with van der Waals surface area (Å²) in [6.45, 7) is 4.65. The Bertz CT molecular complexity index is 1110. The second-order valence-corrected chi connectivity index (χ2v) is 7.57. The number of piperidine rings is 1. The van der Waals surface area contributed by atoms with Crippen LogP contribution >= 0.6 is 0 Å². The first kappa shape index (κ1) is 20.9. The second kappa shape index (κ2) is 8.40. The van der Waals surface area contributed by atoms with Gasteiger partial charge in [0.1, 0.15) is 18.0 Å². The highest BCUT2D eigenvalue weighted by atomic mass is 19.2. The van der Waals surface area contributed by atoms with E-state index in [2.05, 4.69) is 20.4 Å². The van der Waals surface area contributed by atoms with Crippen molar-refractivity contribution in [3.8, 4) is 0 Å². The molecule has 0 bridgehead atoms. The average Bonchev–Trinajstić information content (AvgIpc) is 3.17. The molecule has 31 heavy (non-hydrogen) atoms. The number of rotatable bonds is 4. The highest BCUT2D eigenvalue weighted by molar-refractivity contribution is 5.88. The normalized spacial score (nSPS) is 15.0. The van der Waals surface area contributed by atoms with Gasteiger partial charge in [-0.05, 0) is 26.7 Å². The maximum atomic E-state index is 14.0. The number of halogens is 3. The molecule has 1 saturated heterocycles. The van der Waals surface area contributed by atoms with Crippen molar-refractivity contribution in [1.29, 1.82) is 0 Å². The van der Waals surface area contributed by atoms with Crippen molar-refractivity contribution in [2.45, 2.75) is 38.8 Å². The Morgan fingerprint density at radius 2 is 1.84 bits per heavy atom. The van der Waals surface area contributed by atoms with Crippen molar-refractivity contribution < 1.29 is 22.7 Å². The summed E-state index contributed by atoms with van der Waals surface area (Å²) in [5.41, 5.74) is 0.271. The van der Waals surface area contributed by atoms with Crippen LogP contribution in [0.3, 0.4) is 0 Å². The predicted molar refractivity (Wildman–Crippen MR) is 106 cm³/mol. The van der Waals surface area contributed by atoms with Gasteiger partial charge >= 0.3 is 6.09 Å². The van der Waals surface area contributed by atoms with Crippen LogP contribution in [0.5, 0.6) is 0 Å². The number of aromatic nitrogens is 4. The molecule has 11 heteroatoms. The van der Waals surface area contributed by atoms with Gasteiger partial charge in [-0.1, -0.05) is 0 Å². The summed E-state index contributed by atoms with van der Waals surface area (Å²) in [5.74, 6) is -3.17. The monoisotopic (exact) mass is 434 g/mol. The fourth-order valence-electron chi connectivity index (χ4n) is 3.54. The lowest BCUT2D eigenvalue weighted by Gasteiger charge is -2.31. The van der Waals surface area contributed by atoms with Gasteiger partial charge in [0, 0.05) is 25.2 Å². The summed E-state index contributed by atoms with van der Waals surface area (Å²) in [7, 11) is 0. The molecule has 1 aromatic carbocycles. The number of ether oxygens (including phenoxy) is 1. The van der Waals surface area contributed by atoms with E-state index in [0.29, 0.717) is 43.0 Å². The van der Waals surface area contributed by atoms with Crippen LogP contribution in [0.25, 0.3) is 11.0 Å². The van der Waals surface area contributed by atoms with Crippen LogP contribution in [-0.2, 0) is 4.74 Å². The molecule has 0 aliphatic carbocycles. The fraction of sp³-hybridized carbons (Fsp3) is 0.400. The lowest BCUT2D eigenvalue weighted by molar-refractivity contribution is 0.0656. The van der Waals surface area contributed by atoms with Gasteiger partial charge in [0.05, 0.1) is 29.4 Å². The first-order valence-electron chi connectivity index (χ1n) is 9.89. The molecule has 0 saturated carbocycles. The maximum absolute atomic E-state index is 14.0. The number of amides is 1. The summed E-state index contributed by atoms with van der Waals surface area (Å²) >= 11 is 0. The Morgan fingerprint density at radius 1 is 1.13 bits per heavy atom. The molecule has 0 atom stereocenters. The zero-order valence-electron chi connectivity index (χ0n) is 17.0. The van der Waals surface area contributed by atoms with Gasteiger partial charge in [0.25, 0.3) is 0 Å². The number of carbonyl (C=O) groups excluding carboxylic acids is 1. The van der Waals surface area contributed by atoms with Gasteiger partial charge in [-0.2, -0.15) is 5.10 Å². The van der Waals surface area contributed by atoms with Crippen LogP contribution < -0.4 is 5.32 Å². The van der Waals surface area contributed by atoms with E-state index in [1.165, 1.54) is 12.5 Å². The summed E-state index contributed by atoms with van der Waals surface area (Å²) in [6, 6.07) is 1.20. The van der Waals surface area contributed by atoms with E-state index >= 15 is 0 Å². The van der Waals surface area contributed by atoms with E-state index in [4.69, 9.17) is 4.74 Å². The van der Waals surface area contributed by atoms with Crippen LogP contribution in [0, 0.1) is 17.5 Å². The molecule has 0 spiro atoms. The van der Waals surface area contributed by atoms with Gasteiger partial charge in [0.2, 0.25) is 0 Å². The molecule has 8 nitrogen and oxygen atoms in total. The molecular weight excluding hydrogens is 413 g/mol. The third-order valence-electron chi connectivity index (χ3n) is 5.06. The van der Waals surface area contributed by atoms with Gasteiger partial charge in [-0.15, -0.1) is 0 Å². The van der Waals surface area contributed by atoms with Crippen LogP contribution in [0.4, 0.5) is 29.5 Å². The molecule has 1 fully saturated rings. The Labute approximate surface area is 176 Å². The molecule has 4 rings (SSSR count). The number of hydrogen-bond donors (Lipinski definition) is 1. The van der Waals surface area contributed by atoms with Gasteiger partial charge in [-0.3, -0.25) is 0 Å². The fourth-order valence-corrected chi connectivity index (χ4v) is 3.54. The third-order valence-corrected chi connectivity index (χ3v) is 5.06. The first-order valence-corrected chi connectivity index (χ1v) is 9.89. The lowest BCUT2D eigenvalue weighted by atomic mass is 10.1. The number of benzene rings is 1. The van der Waals surface area contributed by atoms with E-state index < -0.39 is 17.5 Å². The topological polar surface area (TPSA) is 85.2 Å². The molecule has 0 radical (unpaired) electrons. The van der Waals surface area contributed by atoms with E-state index in [9.17, 15) is 18.0 Å². The van der Waals surface area contributed by atoms with Crippen molar-refractivity contribution in [2.75, 3.05) is 18.4 Å². The number of anilines is 2. The van der Waals surface area contributed by atoms with Crippen LogP contribution in [0.1, 0.15) is 32.7 Å². The zero-order chi connectivity index (χ0) is 22.1. The Balaban J connectivity index is 1.53. The molecule has 0 unspecified atom stereocenters. The van der Waals surface area contributed by atoms with E-state index in [0.717, 1.165) is 6.07 Å². The van der Waals surface area contributed by atoms with E-state index in [1.807, 2.05) is 0 Å². The van der Waals surface area contributed by atoms with E-state index in [-0.39, 0.29) is 29.7 Å². The summed E-state index contributed by atoms with van der Waals surface area (Å²) in [4.78, 5) is 22.1. The second-order valence-electron chi connectivity index (χ2n) is 7.57. The van der Waals surface area contributed by atoms with Crippen molar-refractivity contribution >= 4 is 28.6 Å². The number of carbonyl (C=O) groups is 1. The van der Waals surface area contributed by atoms with E-state index in [1.54, 1.807) is 23.4 Å². The molecule has 1 aliphatic rings. The first-order chi connectivity index (χ1) is 14.8. The van der Waals surface area contributed by atoms with Gasteiger partial charge in [-0.25, -0.2) is 32.6 Å². The molecule has 164 valence electrons. The van der Waals surface area contributed by atoms with Crippen LogP contribution in [-0.4, -0.2) is 49.9 Å². The largest absolute Gasteiger partial charge is 0.447 e. The summed E-state index contributed by atoms with van der Waals surface area (Å²) in [5, 5.41) is 7.60. The highest BCUT2D eigenvalue weighted by Gasteiger charge is 2.27. The van der Waals surface area contributed by atoms with Crippen molar-refractivity contribution in [1.82, 2.24) is 24.6 Å². The predicted octanol–water partition coefficient (Wildman–Crippen LogP) is 4.17. The van der Waals surface area contributed by atoms with Crippen molar-refractivity contribution in [3.05, 3.63) is 42.1 Å². The Kier molecular flexibility index (Phi) is 5.66. The Hall–Kier alpha value is -3.37. The number of nitrogens with one attached hydrogen (secondary N) is 1. The minimum Gasteiger partial charge on any atom is -0.447 e. The number of likely N-dealkylation sites (tertiary alicyclic amines) is 1. The molecule has 1 amide bonds. The molecule has 3 aromatic rings. The van der Waals surface area contributed by atoms with Gasteiger partial charge < -0.3 is 15.0 Å². The van der Waals surface area contributed by atoms with Crippen LogP contribution in [0.2, 0.25) is 0 Å². The Morgan fingerprint density at radius 3 is 2.55 bits per heavy atom. The quantitative estimate of drug-likeness (QED) is 0.621.